The third-order valence-electron chi connectivity index (χ3n) is 5.79. The second-order valence-corrected chi connectivity index (χ2v) is 9.60. The van der Waals surface area contributed by atoms with Gasteiger partial charge < -0.3 is 4.90 Å². The molecule has 3 aromatic rings. The molecule has 0 radical (unpaired) electrons. The van der Waals surface area contributed by atoms with Crippen LogP contribution in [0.5, 0.6) is 0 Å². The van der Waals surface area contributed by atoms with Crippen LogP contribution in [0, 0.1) is 0 Å². The van der Waals surface area contributed by atoms with Crippen molar-refractivity contribution in [2.75, 3.05) is 13.1 Å². The molecule has 0 spiro atoms. The summed E-state index contributed by atoms with van der Waals surface area (Å²) in [6.45, 7) is 6.81. The summed E-state index contributed by atoms with van der Waals surface area (Å²) in [4.78, 5) is 15.2. The highest BCUT2D eigenvalue weighted by molar-refractivity contribution is 6.33. The lowest BCUT2D eigenvalue weighted by molar-refractivity contribution is -0.141. The number of likely N-dealkylation sites (tertiary alicyclic amines) is 1. The number of hydrogen-bond donors (Lipinski definition) is 0. The molecule has 0 bridgehead atoms. The van der Waals surface area contributed by atoms with E-state index in [2.05, 4.69) is 10.2 Å². The van der Waals surface area contributed by atoms with E-state index < -0.39 is 11.9 Å². The lowest BCUT2D eigenvalue weighted by Crippen LogP contribution is -2.39. The Morgan fingerprint density at radius 1 is 1.06 bits per heavy atom. The summed E-state index contributed by atoms with van der Waals surface area (Å²) >= 11 is 6.40. The van der Waals surface area contributed by atoms with E-state index in [9.17, 15) is 18.0 Å². The van der Waals surface area contributed by atoms with Crippen molar-refractivity contribution in [3.05, 3.63) is 59.0 Å². The zero-order valence-corrected chi connectivity index (χ0v) is 19.4. The SMILES string of the molecule is CC(C)(C)n1cc(C(=O)N2CCC(n3ccc(C(F)(F)F)n3)CC2)c(-c2ccccc2Cl)n1. The topological polar surface area (TPSA) is 56.0 Å². The number of carbonyl (C=O) groups is 1. The smallest absolute Gasteiger partial charge is 0.338 e. The van der Waals surface area contributed by atoms with Crippen molar-refractivity contribution < 1.29 is 18.0 Å². The Labute approximate surface area is 194 Å². The van der Waals surface area contributed by atoms with Crippen molar-refractivity contribution in [1.29, 1.82) is 0 Å². The minimum absolute atomic E-state index is 0.171. The molecule has 0 unspecified atom stereocenters. The summed E-state index contributed by atoms with van der Waals surface area (Å²) in [5.41, 5.74) is 0.411. The Kier molecular flexibility index (Phi) is 6.03. The molecule has 0 atom stereocenters. The molecule has 2 aromatic heterocycles. The van der Waals surface area contributed by atoms with Crippen LogP contribution in [-0.4, -0.2) is 43.5 Å². The van der Waals surface area contributed by atoms with Gasteiger partial charge in [-0.3, -0.25) is 14.2 Å². The number of nitrogens with zero attached hydrogens (tertiary/aromatic N) is 5. The molecule has 1 saturated heterocycles. The standard InChI is InChI=1S/C23H25ClF3N5O/c1-22(2,3)32-14-17(20(29-32)16-6-4-5-7-18(16)24)21(33)30-11-8-15(9-12-30)31-13-10-19(28-31)23(25,26)27/h4-7,10,13-15H,8-9,11-12H2,1-3H3. The van der Waals surface area contributed by atoms with Crippen molar-refractivity contribution in [3.8, 4) is 11.3 Å². The average Bonchev–Trinajstić information content (AvgIpc) is 3.41. The van der Waals surface area contributed by atoms with Crippen LogP contribution in [0.15, 0.2) is 42.7 Å². The van der Waals surface area contributed by atoms with Gasteiger partial charge in [-0.05, 0) is 45.7 Å². The first-order valence-corrected chi connectivity index (χ1v) is 11.1. The highest BCUT2D eigenvalue weighted by Crippen LogP contribution is 2.33. The number of piperidine rings is 1. The van der Waals surface area contributed by atoms with E-state index in [1.54, 1.807) is 21.8 Å². The van der Waals surface area contributed by atoms with Crippen molar-refractivity contribution in [2.24, 2.45) is 0 Å². The van der Waals surface area contributed by atoms with Crippen LogP contribution in [0.4, 0.5) is 13.2 Å². The number of carbonyl (C=O) groups excluding carboxylic acids is 1. The Balaban J connectivity index is 1.56. The molecule has 4 rings (SSSR count). The second-order valence-electron chi connectivity index (χ2n) is 9.19. The van der Waals surface area contributed by atoms with Crippen LogP contribution in [0.2, 0.25) is 5.02 Å². The van der Waals surface area contributed by atoms with E-state index in [1.165, 1.54) is 10.9 Å². The first kappa shape index (κ1) is 23.4. The molecule has 1 fully saturated rings. The van der Waals surface area contributed by atoms with Crippen molar-refractivity contribution in [1.82, 2.24) is 24.5 Å². The quantitative estimate of drug-likeness (QED) is 0.487. The van der Waals surface area contributed by atoms with Gasteiger partial charge in [-0.1, -0.05) is 29.8 Å². The lowest BCUT2D eigenvalue weighted by Gasteiger charge is -2.32. The maximum atomic E-state index is 13.5. The molecule has 10 heteroatoms. The van der Waals surface area contributed by atoms with Crippen LogP contribution in [0.1, 0.15) is 55.7 Å². The zero-order valence-electron chi connectivity index (χ0n) is 18.6. The zero-order chi connectivity index (χ0) is 24.0. The number of rotatable bonds is 3. The van der Waals surface area contributed by atoms with Crippen molar-refractivity contribution >= 4 is 17.5 Å². The number of halogens is 4. The fourth-order valence-corrected chi connectivity index (χ4v) is 4.15. The van der Waals surface area contributed by atoms with Gasteiger partial charge in [0.15, 0.2) is 5.69 Å². The molecule has 1 aliphatic heterocycles. The van der Waals surface area contributed by atoms with E-state index in [4.69, 9.17) is 11.6 Å². The second kappa shape index (κ2) is 8.52. The van der Waals surface area contributed by atoms with E-state index in [-0.39, 0.29) is 17.5 Å². The predicted molar refractivity (Wildman–Crippen MR) is 119 cm³/mol. The number of alkyl halides is 3. The molecule has 176 valence electrons. The van der Waals surface area contributed by atoms with Crippen LogP contribution in [0.3, 0.4) is 0 Å². The van der Waals surface area contributed by atoms with Crippen LogP contribution < -0.4 is 0 Å². The molecule has 0 aliphatic carbocycles. The monoisotopic (exact) mass is 479 g/mol. The molecule has 1 aliphatic rings. The van der Waals surface area contributed by atoms with Gasteiger partial charge >= 0.3 is 6.18 Å². The third kappa shape index (κ3) is 4.78. The fraction of sp³-hybridized carbons (Fsp3) is 0.435. The van der Waals surface area contributed by atoms with E-state index in [0.717, 1.165) is 6.07 Å². The number of amides is 1. The molecule has 33 heavy (non-hydrogen) atoms. The van der Waals surface area contributed by atoms with Gasteiger partial charge in [0, 0.05) is 31.0 Å². The Morgan fingerprint density at radius 3 is 2.30 bits per heavy atom. The lowest BCUT2D eigenvalue weighted by atomic mass is 10.0. The van der Waals surface area contributed by atoms with Gasteiger partial charge in [0.2, 0.25) is 0 Å². The molecule has 1 aromatic carbocycles. The van der Waals surface area contributed by atoms with E-state index >= 15 is 0 Å². The molecule has 6 nitrogen and oxygen atoms in total. The van der Waals surface area contributed by atoms with Gasteiger partial charge in [0.05, 0.1) is 22.2 Å². The number of aromatic nitrogens is 4. The third-order valence-corrected chi connectivity index (χ3v) is 6.12. The number of benzene rings is 1. The van der Waals surface area contributed by atoms with Gasteiger partial charge in [-0.25, -0.2) is 0 Å². The summed E-state index contributed by atoms with van der Waals surface area (Å²) < 4.78 is 41.7. The average molecular weight is 480 g/mol. The summed E-state index contributed by atoms with van der Waals surface area (Å²) in [6, 6.07) is 8.04. The molecule has 0 N–H and O–H groups in total. The Morgan fingerprint density at radius 2 is 1.73 bits per heavy atom. The maximum absolute atomic E-state index is 13.5. The van der Waals surface area contributed by atoms with E-state index in [0.29, 0.717) is 47.8 Å². The van der Waals surface area contributed by atoms with Gasteiger partial charge in [0.25, 0.3) is 5.91 Å². The maximum Gasteiger partial charge on any atom is 0.435 e. The first-order valence-electron chi connectivity index (χ1n) is 10.7. The van der Waals surface area contributed by atoms with Gasteiger partial charge in [-0.2, -0.15) is 23.4 Å². The summed E-state index contributed by atoms with van der Waals surface area (Å²) in [7, 11) is 0. The minimum atomic E-state index is -4.47. The molecular weight excluding hydrogens is 455 g/mol. The number of hydrogen-bond acceptors (Lipinski definition) is 3. The van der Waals surface area contributed by atoms with Gasteiger partial charge in [-0.15, -0.1) is 0 Å². The predicted octanol–water partition coefficient (Wildman–Crippen LogP) is 5.65. The largest absolute Gasteiger partial charge is 0.435 e. The highest BCUT2D eigenvalue weighted by atomic mass is 35.5. The fourth-order valence-electron chi connectivity index (χ4n) is 3.92. The minimum Gasteiger partial charge on any atom is -0.338 e. The van der Waals surface area contributed by atoms with Crippen molar-refractivity contribution in [2.45, 2.75) is 51.4 Å². The first-order chi connectivity index (χ1) is 15.4. The van der Waals surface area contributed by atoms with Crippen LogP contribution >= 0.6 is 11.6 Å². The Bertz CT molecular complexity index is 1150. The molecule has 3 heterocycles. The van der Waals surface area contributed by atoms with Gasteiger partial charge in [0.1, 0.15) is 5.69 Å². The summed E-state index contributed by atoms with van der Waals surface area (Å²) in [6.07, 6.45) is -0.340. The molecule has 1 amide bonds. The summed E-state index contributed by atoms with van der Waals surface area (Å²) in [5.74, 6) is -0.171. The van der Waals surface area contributed by atoms with Crippen LogP contribution in [-0.2, 0) is 11.7 Å². The summed E-state index contributed by atoms with van der Waals surface area (Å²) in [5, 5.41) is 8.87. The van der Waals surface area contributed by atoms with Crippen molar-refractivity contribution in [3.63, 3.8) is 0 Å². The normalized spacial score (nSPS) is 15.8. The highest BCUT2D eigenvalue weighted by Gasteiger charge is 2.35. The molecule has 0 saturated carbocycles. The molecular formula is C23H25ClF3N5O. The van der Waals surface area contributed by atoms with Crippen LogP contribution in [0.25, 0.3) is 11.3 Å². The Hall–Kier alpha value is -2.81. The van der Waals surface area contributed by atoms with E-state index in [1.807, 2.05) is 39.0 Å².